The van der Waals surface area contributed by atoms with Gasteiger partial charge in [-0.25, -0.2) is 43.2 Å². The number of carbonyl (C=O) groups excluding carboxylic acids is 9. The Morgan fingerprint density at radius 3 is 0.798 bits per heavy atom. The average Bonchev–Trinajstić information content (AvgIpc) is 0.775. The fourth-order valence-electron chi connectivity index (χ4n) is 12.6. The summed E-state index contributed by atoms with van der Waals surface area (Å²) >= 11 is 0. The van der Waals surface area contributed by atoms with Crippen LogP contribution in [0.25, 0.3) is 0 Å². The number of aliphatic hydroxyl groups is 1. The summed E-state index contributed by atoms with van der Waals surface area (Å²) in [5.41, 5.74) is -0.00276. The molecular formula is C88H74O26. The van der Waals surface area contributed by atoms with Crippen LogP contribution < -0.4 is 9.47 Å². The Hall–Kier alpha value is -13.2. The minimum absolute atomic E-state index is 0.00508. The van der Waals surface area contributed by atoms with Gasteiger partial charge in [0.2, 0.25) is 12.4 Å². The number of carbonyl (C=O) groups is 9. The molecule has 0 saturated carbocycles. The van der Waals surface area contributed by atoms with E-state index in [-0.39, 0.29) is 55.8 Å². The van der Waals surface area contributed by atoms with Crippen molar-refractivity contribution in [1.82, 2.24) is 0 Å². The molecule has 0 aliphatic carbocycles. The summed E-state index contributed by atoms with van der Waals surface area (Å²) in [6.45, 7) is -2.62. The topological polar surface area (TPSA) is 322 Å². The Bertz CT molecular complexity index is 4860. The largest absolute Gasteiger partial charge is 0.497 e. The van der Waals surface area contributed by atoms with Crippen LogP contribution in [-0.2, 0) is 66.3 Å². The van der Waals surface area contributed by atoms with Gasteiger partial charge in [-0.15, -0.1) is 0 Å². The van der Waals surface area contributed by atoms with Gasteiger partial charge in [0.25, 0.3) is 0 Å². The highest BCUT2D eigenvalue weighted by Gasteiger charge is 2.58. The average molecular weight is 1550 g/mol. The molecule has 0 unspecified atom stereocenters. The standard InChI is InChI=1S/C88H74O26/c1-99-63-47-49-64(50-48-63)103-88-76(114-85(98)62-45-27-10-28-46-62)74(112-83(96)60-41-23-8-24-42-60)71(109-80(93)57-35-17-5-18-36-57)67(106-88)53-101-86-72(110-81(94)58-37-19-6-20-38-58)68(89)69(107-78(91)55-31-13-3-14-32-55)65(104-86)52-102-87-75(113-84(97)61-43-25-9-26-44-61)73(111-82(95)59-39-21-7-22-40-59)70(108-79(92)56-33-15-4-16-34-56)66(105-87)51-100-77(90)54-29-11-2-12-30-54/h2-50,65-76,86-89H,51-53H2,1H3/t65-,66-,67-,68+,69+,70+,71+,72-,73+,74+,75-,76-,86-,87-,88-/m1/s1. The molecule has 0 aromatic heterocycles. The third-order valence-corrected chi connectivity index (χ3v) is 18.4. The van der Waals surface area contributed by atoms with E-state index in [4.69, 9.17) is 75.8 Å². The molecule has 10 aromatic carbocycles. The number of rotatable bonds is 28. The summed E-state index contributed by atoms with van der Waals surface area (Å²) in [7, 11) is 1.45. The Morgan fingerprint density at radius 2 is 0.482 bits per heavy atom. The van der Waals surface area contributed by atoms with E-state index in [1.165, 1.54) is 128 Å². The van der Waals surface area contributed by atoms with Crippen molar-refractivity contribution in [1.29, 1.82) is 0 Å². The molecule has 3 fully saturated rings. The summed E-state index contributed by atoms with van der Waals surface area (Å²) in [4.78, 5) is 131. The van der Waals surface area contributed by atoms with E-state index in [0.29, 0.717) is 5.75 Å². The van der Waals surface area contributed by atoms with Gasteiger partial charge in [-0.1, -0.05) is 164 Å². The maximum atomic E-state index is 14.7. The van der Waals surface area contributed by atoms with Crippen LogP contribution in [0.4, 0.5) is 0 Å². The quantitative estimate of drug-likeness (QED) is 0.0352. The van der Waals surface area contributed by atoms with Gasteiger partial charge in [0.1, 0.15) is 42.5 Å². The van der Waals surface area contributed by atoms with E-state index in [0.717, 1.165) is 0 Å². The lowest BCUT2D eigenvalue weighted by Crippen LogP contribution is -2.65. The van der Waals surface area contributed by atoms with Gasteiger partial charge in [-0.05, 0) is 133 Å². The second-order valence-electron chi connectivity index (χ2n) is 25.9. The van der Waals surface area contributed by atoms with Crippen LogP contribution in [0.15, 0.2) is 297 Å². The van der Waals surface area contributed by atoms with Crippen LogP contribution in [0, 0.1) is 0 Å². The number of hydrogen-bond donors (Lipinski definition) is 1. The molecule has 3 aliphatic heterocycles. The molecule has 0 spiro atoms. The van der Waals surface area contributed by atoms with Crippen molar-refractivity contribution in [3.8, 4) is 11.5 Å². The number of benzene rings is 10. The zero-order chi connectivity index (χ0) is 79.3. The summed E-state index contributed by atoms with van der Waals surface area (Å²) in [5, 5.41) is 13.2. The lowest BCUT2D eigenvalue weighted by molar-refractivity contribution is -0.336. The first kappa shape index (κ1) is 78.9. The number of aliphatic hydroxyl groups excluding tert-OH is 1. The normalized spacial score (nSPS) is 22.9. The number of ether oxygens (including phenoxy) is 16. The first-order valence-electron chi connectivity index (χ1n) is 36.1. The number of esters is 9. The molecule has 3 saturated heterocycles. The van der Waals surface area contributed by atoms with E-state index < -0.39 is 166 Å². The Labute approximate surface area is 652 Å². The lowest BCUT2D eigenvalue weighted by Gasteiger charge is -2.47. The molecule has 15 atom stereocenters. The van der Waals surface area contributed by atoms with Crippen LogP contribution in [0.1, 0.15) is 93.2 Å². The number of methoxy groups -OCH3 is 1. The van der Waals surface area contributed by atoms with Crippen LogP contribution in [0.2, 0.25) is 0 Å². The summed E-state index contributed by atoms with van der Waals surface area (Å²) < 4.78 is 102. The monoisotopic (exact) mass is 1550 g/mol. The Kier molecular flexibility index (Phi) is 26.4. The van der Waals surface area contributed by atoms with Gasteiger partial charge in [-0.2, -0.15) is 0 Å². The molecule has 1 N–H and O–H groups in total. The molecule has 3 aliphatic rings. The molecule has 26 nitrogen and oxygen atoms in total. The first-order valence-corrected chi connectivity index (χ1v) is 36.1. The third kappa shape index (κ3) is 19.9. The van der Waals surface area contributed by atoms with Gasteiger partial charge in [0.15, 0.2) is 55.3 Å². The summed E-state index contributed by atoms with van der Waals surface area (Å²) in [6.07, 6.45) is -28.9. The summed E-state index contributed by atoms with van der Waals surface area (Å²) in [5.74, 6) is -8.55. The Morgan fingerprint density at radius 1 is 0.254 bits per heavy atom. The molecule has 13 rings (SSSR count). The van der Waals surface area contributed by atoms with Gasteiger partial charge >= 0.3 is 53.7 Å². The number of hydrogen-bond acceptors (Lipinski definition) is 26. The maximum Gasteiger partial charge on any atom is 0.338 e. The highest BCUT2D eigenvalue weighted by atomic mass is 16.8. The predicted molar refractivity (Wildman–Crippen MR) is 399 cm³/mol. The third-order valence-electron chi connectivity index (χ3n) is 18.4. The molecule has 0 radical (unpaired) electrons. The van der Waals surface area contributed by atoms with Crippen LogP contribution in [0.3, 0.4) is 0 Å². The maximum absolute atomic E-state index is 14.7. The van der Waals surface area contributed by atoms with E-state index in [9.17, 15) is 48.3 Å². The molecule has 3 heterocycles. The van der Waals surface area contributed by atoms with Crippen molar-refractivity contribution in [3.05, 3.63) is 347 Å². The second-order valence-corrected chi connectivity index (χ2v) is 25.9. The van der Waals surface area contributed by atoms with Crippen LogP contribution in [-0.4, -0.2) is 178 Å². The van der Waals surface area contributed by atoms with Gasteiger partial charge in [0, 0.05) is 0 Å². The van der Waals surface area contributed by atoms with E-state index >= 15 is 0 Å². The van der Waals surface area contributed by atoms with Crippen molar-refractivity contribution in [2.45, 2.75) is 92.1 Å². The highest BCUT2D eigenvalue weighted by molar-refractivity contribution is 5.94. The van der Waals surface area contributed by atoms with Crippen LogP contribution >= 0.6 is 0 Å². The Balaban J connectivity index is 0.914. The fraction of sp³-hybridized carbons (Fsp3) is 0.216. The van der Waals surface area contributed by atoms with Crippen molar-refractivity contribution < 1.29 is 124 Å². The summed E-state index contributed by atoms with van der Waals surface area (Å²) in [6, 6.07) is 75.1. The van der Waals surface area contributed by atoms with E-state index in [1.807, 2.05) is 0 Å². The molecule has 582 valence electrons. The van der Waals surface area contributed by atoms with Crippen molar-refractivity contribution >= 4 is 53.7 Å². The smallest absolute Gasteiger partial charge is 0.338 e. The molecule has 10 aromatic rings. The molecule has 26 heteroatoms. The zero-order valence-electron chi connectivity index (χ0n) is 60.7. The SMILES string of the molecule is COc1ccc(O[C@@H]2O[C@H](CO[C@@H]3O[C@H](CO[C@@H]4O[C@H](COC(=O)c5ccccc5)[C@H](OC(=O)c5ccccc5)[C@H](OC(=O)c5ccccc5)[C@H]4OC(=O)c4ccccc4)[C@H](OC(=O)c4ccccc4)[C@H](O)[C@H]3OC(=O)c3ccccc3)[C@H](OC(=O)c3ccccc3)[C@H](OC(=O)c3ccccc3)[C@H]2OC(=O)c2ccccc2)cc1. The van der Waals surface area contributed by atoms with E-state index in [2.05, 4.69) is 0 Å². The van der Waals surface area contributed by atoms with Gasteiger partial charge in [-0.3, -0.25) is 0 Å². The second kappa shape index (κ2) is 38.1. The molecular weight excluding hydrogens is 1470 g/mol. The predicted octanol–water partition coefficient (Wildman–Crippen LogP) is 11.3. The fourth-order valence-corrected chi connectivity index (χ4v) is 12.6. The lowest BCUT2D eigenvalue weighted by atomic mass is 9.96. The van der Waals surface area contributed by atoms with E-state index in [1.54, 1.807) is 176 Å². The molecule has 0 amide bonds. The zero-order valence-corrected chi connectivity index (χ0v) is 60.7. The van der Waals surface area contributed by atoms with Crippen molar-refractivity contribution in [2.75, 3.05) is 26.9 Å². The minimum atomic E-state index is -2.21. The van der Waals surface area contributed by atoms with Gasteiger partial charge < -0.3 is 80.9 Å². The van der Waals surface area contributed by atoms with Gasteiger partial charge in [0.05, 0.1) is 70.4 Å². The van der Waals surface area contributed by atoms with Crippen molar-refractivity contribution in [2.24, 2.45) is 0 Å². The van der Waals surface area contributed by atoms with Crippen LogP contribution in [0.5, 0.6) is 11.5 Å². The molecule has 114 heavy (non-hydrogen) atoms. The van der Waals surface area contributed by atoms with Crippen molar-refractivity contribution in [3.63, 3.8) is 0 Å². The first-order chi connectivity index (χ1) is 55.6. The molecule has 0 bridgehead atoms. The highest BCUT2D eigenvalue weighted by Crippen LogP contribution is 2.38. The minimum Gasteiger partial charge on any atom is -0.497 e.